The van der Waals surface area contributed by atoms with E-state index in [-0.39, 0.29) is 12.4 Å². The number of carbonyl (C=O) groups excluding carboxylic acids is 1. The zero-order chi connectivity index (χ0) is 7.70. The van der Waals surface area contributed by atoms with Crippen molar-refractivity contribution in [1.29, 1.82) is 0 Å². The van der Waals surface area contributed by atoms with E-state index in [2.05, 4.69) is 12.4 Å². The summed E-state index contributed by atoms with van der Waals surface area (Å²) in [7, 11) is 0. The number of hydrogen-bond donors (Lipinski definition) is 3. The molecule has 52 valence electrons. The Hall–Kier alpha value is -1.36. The molecule has 1 amide bonds. The maximum absolute atomic E-state index is 9.83. The Labute approximate surface area is 52.1 Å². The van der Waals surface area contributed by atoms with E-state index in [9.17, 15) is 4.79 Å². The number of carboxylic acid groups (broad SMARTS) is 1. The molecule has 0 atom stereocenters. The Morgan fingerprint density at radius 2 is 2.11 bits per heavy atom. The number of hydrogen-bond acceptors (Lipinski definition) is 3. The second-order valence-electron chi connectivity index (χ2n) is 0.818. The monoisotopic (exact) mass is 132 g/mol. The van der Waals surface area contributed by atoms with Gasteiger partial charge in [0.05, 0.1) is 0 Å². The number of rotatable bonds is 1. The van der Waals surface area contributed by atoms with Crippen LogP contribution in [0.2, 0.25) is 0 Å². The number of carbonyl (C=O) groups is 2. The topological polar surface area (TPSA) is 92.4 Å². The van der Waals surface area contributed by atoms with E-state index in [0.29, 0.717) is 0 Å². The molecule has 0 saturated carbocycles. The molecule has 0 spiro atoms. The molecule has 0 bridgehead atoms. The average Bonchev–Trinajstić information content (AvgIpc) is 1.88. The third kappa shape index (κ3) is 20.5. The van der Waals surface area contributed by atoms with Crippen LogP contribution in [0.3, 0.4) is 0 Å². The number of hydrazine groups is 1. The van der Waals surface area contributed by atoms with Crippen LogP contribution >= 0.6 is 0 Å². The average molecular weight is 132 g/mol. The van der Waals surface area contributed by atoms with Gasteiger partial charge in [-0.2, -0.15) is 0 Å². The second kappa shape index (κ2) is 9.81. The summed E-state index contributed by atoms with van der Waals surface area (Å²) in [6, 6.07) is 0. The quantitative estimate of drug-likeness (QED) is 0.138. The molecule has 4 N–H and O–H groups in total. The van der Waals surface area contributed by atoms with Gasteiger partial charge in [0.1, 0.15) is 0 Å². The van der Waals surface area contributed by atoms with E-state index in [0.717, 1.165) is 6.08 Å². The maximum atomic E-state index is 9.83. The first kappa shape index (κ1) is 10.6. The first-order valence-corrected chi connectivity index (χ1v) is 1.93. The van der Waals surface area contributed by atoms with E-state index < -0.39 is 0 Å². The smallest absolute Gasteiger partial charge is 0.290 e. The molecule has 9 heavy (non-hydrogen) atoms. The molecule has 5 heteroatoms. The van der Waals surface area contributed by atoms with Crippen LogP contribution in [0, 0.1) is 0 Å². The van der Waals surface area contributed by atoms with Crippen molar-refractivity contribution >= 4 is 12.4 Å². The van der Waals surface area contributed by atoms with Gasteiger partial charge in [-0.3, -0.25) is 15.0 Å². The summed E-state index contributed by atoms with van der Waals surface area (Å²) in [5.74, 6) is 4.25. The summed E-state index contributed by atoms with van der Waals surface area (Å²) in [6.07, 6.45) is 1.10. The largest absolute Gasteiger partial charge is 0.483 e. The molecule has 0 rings (SSSR count). The van der Waals surface area contributed by atoms with Gasteiger partial charge in [0.2, 0.25) is 0 Å². The zero-order valence-corrected chi connectivity index (χ0v) is 4.70. The van der Waals surface area contributed by atoms with Crippen molar-refractivity contribution in [3.63, 3.8) is 0 Å². The predicted molar refractivity (Wildman–Crippen MR) is 31.2 cm³/mol. The maximum Gasteiger partial charge on any atom is 0.290 e. The standard InChI is InChI=1S/C3H6N2O.CH2O2/c1-2-3(6)5-4;2-1-3/h2H,1,4H2,(H,5,6);1H,(H,2,3). The summed E-state index contributed by atoms with van der Waals surface area (Å²) in [6.45, 7) is 2.89. The van der Waals surface area contributed by atoms with Gasteiger partial charge >= 0.3 is 0 Å². The van der Waals surface area contributed by atoms with Crippen LogP contribution in [0.5, 0.6) is 0 Å². The van der Waals surface area contributed by atoms with Gasteiger partial charge < -0.3 is 5.11 Å². The molecular weight excluding hydrogens is 124 g/mol. The molecule has 0 aliphatic carbocycles. The van der Waals surface area contributed by atoms with E-state index in [4.69, 9.17) is 9.90 Å². The molecule has 0 aromatic heterocycles. The summed E-state index contributed by atoms with van der Waals surface area (Å²) < 4.78 is 0. The van der Waals surface area contributed by atoms with Crippen LogP contribution in [0.1, 0.15) is 0 Å². The first-order chi connectivity index (χ1) is 4.22. The van der Waals surface area contributed by atoms with Crippen molar-refractivity contribution in [1.82, 2.24) is 5.43 Å². The fourth-order valence-electron chi connectivity index (χ4n) is 0.0589. The van der Waals surface area contributed by atoms with Crippen LogP contribution in [-0.2, 0) is 9.59 Å². The molecule has 0 aliphatic heterocycles. The molecule has 5 nitrogen and oxygen atoms in total. The molecule has 0 aliphatic rings. The van der Waals surface area contributed by atoms with Gasteiger partial charge in [-0.05, 0) is 6.08 Å². The van der Waals surface area contributed by atoms with E-state index in [1.807, 2.05) is 5.43 Å². The van der Waals surface area contributed by atoms with Crippen LogP contribution in [0.15, 0.2) is 12.7 Å². The highest BCUT2D eigenvalue weighted by molar-refractivity contribution is 5.86. The van der Waals surface area contributed by atoms with Gasteiger partial charge in [0, 0.05) is 0 Å². The van der Waals surface area contributed by atoms with Gasteiger partial charge in [-0.15, -0.1) is 0 Å². The minimum Gasteiger partial charge on any atom is -0.483 e. The highest BCUT2D eigenvalue weighted by Gasteiger charge is 1.79. The predicted octanol–water partition coefficient (Wildman–Crippen LogP) is -1.14. The highest BCUT2D eigenvalue weighted by Crippen LogP contribution is 1.54. The Balaban J connectivity index is 0. The SMILES string of the molecule is C=CC(=O)NN.O=CO. The normalized spacial score (nSPS) is 5.89. The summed E-state index contributed by atoms with van der Waals surface area (Å²) in [4.78, 5) is 18.2. The number of nitrogens with two attached hydrogens (primary N) is 1. The Morgan fingerprint density at radius 3 is 2.11 bits per heavy atom. The summed E-state index contributed by atoms with van der Waals surface area (Å²) in [5, 5.41) is 6.89. The molecule has 0 fully saturated rings. The van der Waals surface area contributed by atoms with Crippen LogP contribution in [0.25, 0.3) is 0 Å². The highest BCUT2D eigenvalue weighted by atomic mass is 16.3. The minimum absolute atomic E-state index is 0.250. The van der Waals surface area contributed by atoms with E-state index in [1.165, 1.54) is 0 Å². The Bertz CT molecular complexity index is 102. The van der Waals surface area contributed by atoms with Gasteiger partial charge in [-0.25, -0.2) is 5.84 Å². The molecule has 0 unspecified atom stereocenters. The molecular formula is C4H8N2O3. The third-order valence-corrected chi connectivity index (χ3v) is 0.328. The fourth-order valence-corrected chi connectivity index (χ4v) is 0.0589. The van der Waals surface area contributed by atoms with Gasteiger partial charge in [0.25, 0.3) is 12.4 Å². The third-order valence-electron chi connectivity index (χ3n) is 0.328. The lowest BCUT2D eigenvalue weighted by molar-refractivity contribution is -0.123. The Kier molecular flexibility index (Phi) is 11.5. The Morgan fingerprint density at radius 1 is 1.78 bits per heavy atom. The van der Waals surface area contributed by atoms with Crippen molar-refractivity contribution in [3.05, 3.63) is 12.7 Å². The molecule has 0 heterocycles. The summed E-state index contributed by atoms with van der Waals surface area (Å²) in [5.41, 5.74) is 1.86. The fraction of sp³-hybridized carbons (Fsp3) is 0. The van der Waals surface area contributed by atoms with Crippen LogP contribution in [0.4, 0.5) is 0 Å². The lowest BCUT2D eigenvalue weighted by atomic mass is 10.6. The van der Waals surface area contributed by atoms with Crippen molar-refractivity contribution in [3.8, 4) is 0 Å². The number of amides is 1. The van der Waals surface area contributed by atoms with Crippen molar-refractivity contribution in [2.24, 2.45) is 5.84 Å². The van der Waals surface area contributed by atoms with Crippen LogP contribution in [-0.4, -0.2) is 17.5 Å². The number of nitrogens with one attached hydrogen (secondary N) is 1. The second-order valence-corrected chi connectivity index (χ2v) is 0.818. The lowest BCUT2D eigenvalue weighted by Gasteiger charge is -1.82. The van der Waals surface area contributed by atoms with Gasteiger partial charge in [-0.1, -0.05) is 6.58 Å². The van der Waals surface area contributed by atoms with E-state index in [1.54, 1.807) is 0 Å². The van der Waals surface area contributed by atoms with Crippen molar-refractivity contribution < 1.29 is 14.7 Å². The molecule has 0 aromatic carbocycles. The van der Waals surface area contributed by atoms with Crippen molar-refractivity contribution in [2.75, 3.05) is 0 Å². The van der Waals surface area contributed by atoms with Gasteiger partial charge in [0.15, 0.2) is 0 Å². The molecule has 0 saturated heterocycles. The molecule has 0 radical (unpaired) electrons. The zero-order valence-electron chi connectivity index (χ0n) is 4.70. The first-order valence-electron chi connectivity index (χ1n) is 1.93. The lowest BCUT2D eigenvalue weighted by Crippen LogP contribution is -2.27. The minimum atomic E-state index is -0.366. The summed E-state index contributed by atoms with van der Waals surface area (Å²) >= 11 is 0. The molecule has 0 aromatic rings. The van der Waals surface area contributed by atoms with E-state index >= 15 is 0 Å². The van der Waals surface area contributed by atoms with Crippen molar-refractivity contribution in [2.45, 2.75) is 0 Å². The van der Waals surface area contributed by atoms with Crippen LogP contribution < -0.4 is 11.3 Å².